The van der Waals surface area contributed by atoms with Crippen LogP contribution in [0.2, 0.25) is 10.2 Å². The number of aryl methyl sites for hydroxylation is 1. The summed E-state index contributed by atoms with van der Waals surface area (Å²) in [6.45, 7) is 10.8. The molecular weight excluding hydrogens is 471 g/mol. The fourth-order valence-corrected chi connectivity index (χ4v) is 4.76. The zero-order valence-electron chi connectivity index (χ0n) is 19.6. The number of pyridine rings is 3. The smallest absolute Gasteiger partial charge is 0.276 e. The lowest BCUT2D eigenvalue weighted by Crippen LogP contribution is -2.45. The van der Waals surface area contributed by atoms with Crippen molar-refractivity contribution in [2.24, 2.45) is 0 Å². The van der Waals surface area contributed by atoms with E-state index in [4.69, 9.17) is 23.2 Å². The van der Waals surface area contributed by atoms with Crippen LogP contribution >= 0.6 is 23.2 Å². The molecule has 4 heterocycles. The molecule has 176 valence electrons. The van der Waals surface area contributed by atoms with Gasteiger partial charge in [-0.3, -0.25) is 14.3 Å². The molecule has 0 amide bonds. The highest BCUT2D eigenvalue weighted by Crippen LogP contribution is 2.35. The highest BCUT2D eigenvalue weighted by Gasteiger charge is 2.28. The van der Waals surface area contributed by atoms with E-state index in [0.717, 1.165) is 24.3 Å². The largest absolute Gasteiger partial charge is 0.374 e. The molecule has 34 heavy (non-hydrogen) atoms. The Hall–Kier alpha value is -3.08. The molecule has 0 saturated carbocycles. The van der Waals surface area contributed by atoms with Crippen molar-refractivity contribution in [2.75, 3.05) is 31.1 Å². The Balaban J connectivity index is 2.07. The minimum atomic E-state index is -0.440. The molecule has 0 spiro atoms. The molecule has 1 fully saturated rings. The Kier molecular flexibility index (Phi) is 6.83. The molecule has 0 aliphatic carbocycles. The predicted octanol–water partition coefficient (Wildman–Crippen LogP) is 5.05. The Morgan fingerprint density at radius 3 is 2.50 bits per heavy atom. The summed E-state index contributed by atoms with van der Waals surface area (Å²) in [5, 5.41) is 11.1. The molecule has 0 atom stereocenters. The van der Waals surface area contributed by atoms with E-state index in [-0.39, 0.29) is 21.7 Å². The first-order valence-corrected chi connectivity index (χ1v) is 12.0. The second-order valence-corrected chi connectivity index (χ2v) is 9.40. The molecule has 0 radical (unpaired) electrons. The summed E-state index contributed by atoms with van der Waals surface area (Å²) in [4.78, 5) is 27.3. The first kappa shape index (κ1) is 24.1. The number of anilines is 1. The summed E-state index contributed by atoms with van der Waals surface area (Å²) >= 11 is 12.7. The van der Waals surface area contributed by atoms with Crippen molar-refractivity contribution in [2.45, 2.75) is 33.6 Å². The SMILES string of the molecule is CC=CN1CCN(c2c(C#N)c(=O)n(-c3c(C)ccnc3C(C)C)c3nc(Cl)c(Cl)cc23)CC1. The first-order valence-electron chi connectivity index (χ1n) is 11.2. The van der Waals surface area contributed by atoms with Crippen LogP contribution in [0.1, 0.15) is 43.5 Å². The number of nitriles is 1. The van der Waals surface area contributed by atoms with Gasteiger partial charge < -0.3 is 9.80 Å². The molecule has 1 aliphatic heterocycles. The van der Waals surface area contributed by atoms with Gasteiger partial charge in [0.05, 0.1) is 22.1 Å². The summed E-state index contributed by atoms with van der Waals surface area (Å²) in [7, 11) is 0. The number of allylic oxidation sites excluding steroid dienone is 1. The second kappa shape index (κ2) is 9.65. The zero-order chi connectivity index (χ0) is 24.6. The van der Waals surface area contributed by atoms with Crippen molar-refractivity contribution < 1.29 is 0 Å². The lowest BCUT2D eigenvalue weighted by Gasteiger charge is -2.36. The maximum absolute atomic E-state index is 13.9. The summed E-state index contributed by atoms with van der Waals surface area (Å²) in [6, 6.07) is 5.73. The van der Waals surface area contributed by atoms with Crippen molar-refractivity contribution in [1.29, 1.82) is 5.26 Å². The highest BCUT2D eigenvalue weighted by atomic mass is 35.5. The van der Waals surface area contributed by atoms with Crippen molar-refractivity contribution in [3.05, 3.63) is 68.0 Å². The molecule has 3 aromatic heterocycles. The fourth-order valence-electron chi connectivity index (χ4n) is 4.47. The van der Waals surface area contributed by atoms with Gasteiger partial charge in [-0.25, -0.2) is 4.98 Å². The number of piperazine rings is 1. The van der Waals surface area contributed by atoms with E-state index in [1.165, 1.54) is 4.57 Å². The monoisotopic (exact) mass is 496 g/mol. The molecule has 4 rings (SSSR count). The molecule has 0 bridgehead atoms. The number of halogens is 2. The normalized spacial score (nSPS) is 14.4. The van der Waals surface area contributed by atoms with E-state index >= 15 is 0 Å². The predicted molar refractivity (Wildman–Crippen MR) is 137 cm³/mol. The Morgan fingerprint density at radius 1 is 1.18 bits per heavy atom. The maximum atomic E-state index is 13.9. The fraction of sp³-hybridized carbons (Fsp3) is 0.360. The van der Waals surface area contributed by atoms with Gasteiger partial charge >= 0.3 is 0 Å². The maximum Gasteiger partial charge on any atom is 0.276 e. The average Bonchev–Trinajstić information content (AvgIpc) is 2.81. The third kappa shape index (κ3) is 4.13. The van der Waals surface area contributed by atoms with Gasteiger partial charge in [-0.2, -0.15) is 5.26 Å². The van der Waals surface area contributed by atoms with E-state index in [1.54, 1.807) is 12.3 Å². The summed E-state index contributed by atoms with van der Waals surface area (Å²) in [6.07, 6.45) is 5.78. The van der Waals surface area contributed by atoms with Crippen molar-refractivity contribution in [3.8, 4) is 11.8 Å². The van der Waals surface area contributed by atoms with Crippen LogP contribution in [-0.2, 0) is 0 Å². The third-order valence-corrected chi connectivity index (χ3v) is 6.73. The van der Waals surface area contributed by atoms with E-state index in [9.17, 15) is 10.1 Å². The summed E-state index contributed by atoms with van der Waals surface area (Å²) in [5.74, 6) is 0.0459. The van der Waals surface area contributed by atoms with Crippen LogP contribution in [0, 0.1) is 18.3 Å². The molecule has 1 aliphatic rings. The van der Waals surface area contributed by atoms with Gasteiger partial charge in [0, 0.05) is 37.8 Å². The van der Waals surface area contributed by atoms with E-state index < -0.39 is 5.56 Å². The van der Waals surface area contributed by atoms with E-state index in [2.05, 4.69) is 32.0 Å². The standard InChI is InChI=1S/C25H26Cl2N6O/c1-5-8-31-9-11-32(12-10-31)22-17-13-19(26)23(27)30-24(17)33(25(34)18(22)14-28)21-16(4)6-7-29-20(21)15(2)3/h5-8,13,15H,9-12H2,1-4H3. The second-order valence-electron chi connectivity index (χ2n) is 8.63. The third-order valence-electron chi connectivity index (χ3n) is 6.06. The number of nitrogens with zero attached hydrogens (tertiary/aromatic N) is 6. The van der Waals surface area contributed by atoms with Gasteiger partial charge in [0.25, 0.3) is 5.56 Å². The zero-order valence-corrected chi connectivity index (χ0v) is 21.2. The molecule has 7 nitrogen and oxygen atoms in total. The Labute approximate surface area is 208 Å². The first-order chi connectivity index (χ1) is 16.3. The highest BCUT2D eigenvalue weighted by molar-refractivity contribution is 6.41. The van der Waals surface area contributed by atoms with Crippen molar-refractivity contribution in [3.63, 3.8) is 0 Å². The molecule has 9 heteroatoms. The molecule has 3 aromatic rings. The topological polar surface area (TPSA) is 78.0 Å². The minimum absolute atomic E-state index is 0.0459. The van der Waals surface area contributed by atoms with Gasteiger partial charge in [0.15, 0.2) is 5.65 Å². The molecular formula is C25H26Cl2N6O. The molecule has 0 aromatic carbocycles. The van der Waals surface area contributed by atoms with E-state index in [1.807, 2.05) is 39.8 Å². The van der Waals surface area contributed by atoms with Crippen LogP contribution in [0.25, 0.3) is 16.7 Å². The van der Waals surface area contributed by atoms with Gasteiger partial charge in [-0.15, -0.1) is 0 Å². The van der Waals surface area contributed by atoms with E-state index in [0.29, 0.717) is 35.5 Å². The van der Waals surface area contributed by atoms with Crippen LogP contribution in [0.4, 0.5) is 5.69 Å². The summed E-state index contributed by atoms with van der Waals surface area (Å²) < 4.78 is 1.48. The van der Waals surface area contributed by atoms with Crippen LogP contribution in [0.3, 0.4) is 0 Å². The average molecular weight is 497 g/mol. The molecule has 0 unspecified atom stereocenters. The van der Waals surface area contributed by atoms with Gasteiger partial charge in [0.2, 0.25) is 0 Å². The van der Waals surface area contributed by atoms with Gasteiger partial charge in [-0.1, -0.05) is 43.1 Å². The Bertz CT molecular complexity index is 1380. The van der Waals surface area contributed by atoms with Crippen LogP contribution in [0.5, 0.6) is 0 Å². The van der Waals surface area contributed by atoms with Gasteiger partial charge in [0.1, 0.15) is 16.8 Å². The number of hydrogen-bond acceptors (Lipinski definition) is 6. The lowest BCUT2D eigenvalue weighted by molar-refractivity contribution is 0.349. The van der Waals surface area contributed by atoms with Crippen molar-refractivity contribution in [1.82, 2.24) is 19.4 Å². The number of hydrogen-bond donors (Lipinski definition) is 0. The molecule has 0 N–H and O–H groups in total. The van der Waals surface area contributed by atoms with Crippen LogP contribution < -0.4 is 10.5 Å². The Morgan fingerprint density at radius 2 is 1.88 bits per heavy atom. The number of fused-ring (bicyclic) bond motifs is 1. The molecule has 1 saturated heterocycles. The quantitative estimate of drug-likeness (QED) is 0.470. The van der Waals surface area contributed by atoms with Gasteiger partial charge in [-0.05, 0) is 43.7 Å². The van der Waals surface area contributed by atoms with Crippen LogP contribution in [0.15, 0.2) is 35.4 Å². The lowest BCUT2D eigenvalue weighted by atomic mass is 10.0. The number of aromatic nitrogens is 3. The van der Waals surface area contributed by atoms with Crippen molar-refractivity contribution >= 4 is 39.9 Å². The number of rotatable bonds is 4. The minimum Gasteiger partial charge on any atom is -0.374 e. The summed E-state index contributed by atoms with van der Waals surface area (Å²) in [5.41, 5.74) is 2.76. The van der Waals surface area contributed by atoms with Crippen LogP contribution in [-0.4, -0.2) is 45.6 Å².